The Morgan fingerprint density at radius 2 is 1.77 bits per heavy atom. The molecule has 0 saturated carbocycles. The maximum Gasteiger partial charge on any atom is 0.423 e. The van der Waals surface area contributed by atoms with Crippen molar-refractivity contribution in [1.82, 2.24) is 0 Å². The molecule has 0 aliphatic rings. The number of amides is 1. The first-order valence-electron chi connectivity index (χ1n) is 7.99. The molecule has 0 aliphatic carbocycles. The number of aliphatic hydroxyl groups is 1. The molecule has 0 fully saturated rings. The van der Waals surface area contributed by atoms with Crippen LogP contribution >= 0.6 is 0 Å². The number of nitro groups is 1. The lowest BCUT2D eigenvalue weighted by Gasteiger charge is -2.29. The van der Waals surface area contributed by atoms with Gasteiger partial charge in [-0.3, -0.25) is 14.9 Å². The van der Waals surface area contributed by atoms with Gasteiger partial charge in [0.15, 0.2) is 16.7 Å². The SMILES string of the molecule is CC(O)(C(=O)Nc1ccc([N+](=O)[O-])c(C(F)(F)F)c1)C(c1ccc(F)cc1)S(=O)O. The summed E-state index contributed by atoms with van der Waals surface area (Å²) in [5.74, 6) is -2.04. The molecule has 2 rings (SSSR count). The molecule has 0 aliphatic heterocycles. The summed E-state index contributed by atoms with van der Waals surface area (Å²) >= 11 is -2.84. The lowest BCUT2D eigenvalue weighted by atomic mass is 9.94. The largest absolute Gasteiger partial charge is 0.423 e. The molecule has 0 bridgehead atoms. The van der Waals surface area contributed by atoms with E-state index in [1.54, 1.807) is 0 Å². The van der Waals surface area contributed by atoms with Crippen molar-refractivity contribution in [2.24, 2.45) is 0 Å². The number of halogens is 4. The molecule has 0 aromatic heterocycles. The Morgan fingerprint density at radius 1 is 1.20 bits per heavy atom. The third kappa shape index (κ3) is 4.98. The molecule has 8 nitrogen and oxygen atoms in total. The number of nitrogens with one attached hydrogen (secondary N) is 1. The topological polar surface area (TPSA) is 130 Å². The van der Waals surface area contributed by atoms with Crippen molar-refractivity contribution < 1.29 is 41.1 Å². The monoisotopic (exact) mass is 450 g/mol. The van der Waals surface area contributed by atoms with E-state index in [1.807, 2.05) is 5.32 Å². The van der Waals surface area contributed by atoms with E-state index >= 15 is 0 Å². The molecule has 2 aromatic carbocycles. The second-order valence-corrected chi connectivity index (χ2v) is 7.32. The Bertz CT molecular complexity index is 995. The van der Waals surface area contributed by atoms with Gasteiger partial charge >= 0.3 is 6.18 Å². The third-order valence-electron chi connectivity index (χ3n) is 4.10. The van der Waals surface area contributed by atoms with Gasteiger partial charge in [-0.15, -0.1) is 0 Å². The number of alkyl halides is 3. The van der Waals surface area contributed by atoms with Crippen LogP contribution in [0.4, 0.5) is 28.9 Å². The van der Waals surface area contributed by atoms with Crippen molar-refractivity contribution in [2.75, 3.05) is 5.32 Å². The summed E-state index contributed by atoms with van der Waals surface area (Å²) in [6.45, 7) is 0.848. The van der Waals surface area contributed by atoms with Gasteiger partial charge in [0, 0.05) is 11.8 Å². The molecule has 30 heavy (non-hydrogen) atoms. The Hall–Kier alpha value is -2.90. The molecule has 2 aromatic rings. The number of rotatable bonds is 6. The molecular formula is C17H14F4N2O6S. The Balaban J connectivity index is 2.40. The Labute approximate surface area is 169 Å². The van der Waals surface area contributed by atoms with Crippen molar-refractivity contribution in [3.05, 3.63) is 69.5 Å². The molecule has 3 unspecified atom stereocenters. The van der Waals surface area contributed by atoms with E-state index in [-0.39, 0.29) is 5.56 Å². The lowest BCUT2D eigenvalue weighted by molar-refractivity contribution is -0.388. The van der Waals surface area contributed by atoms with Crippen LogP contribution in [-0.2, 0) is 22.1 Å². The quantitative estimate of drug-likeness (QED) is 0.268. The summed E-state index contributed by atoms with van der Waals surface area (Å²) in [6.07, 6.45) is -5.10. The van der Waals surface area contributed by atoms with Gasteiger partial charge in [-0.1, -0.05) is 12.1 Å². The second-order valence-electron chi connectivity index (χ2n) is 6.30. The van der Waals surface area contributed by atoms with E-state index in [0.29, 0.717) is 12.1 Å². The Kier molecular flexibility index (Phi) is 6.59. The van der Waals surface area contributed by atoms with E-state index in [9.17, 15) is 46.3 Å². The normalized spacial score (nSPS) is 15.7. The highest BCUT2D eigenvalue weighted by molar-refractivity contribution is 7.79. The zero-order chi connectivity index (χ0) is 22.9. The van der Waals surface area contributed by atoms with Crippen LogP contribution in [0.1, 0.15) is 23.3 Å². The predicted octanol–water partition coefficient (Wildman–Crippen LogP) is 3.41. The smallest absolute Gasteiger partial charge is 0.379 e. The second kappa shape index (κ2) is 8.45. The number of nitrogens with zero attached hydrogens (tertiary/aromatic N) is 1. The molecular weight excluding hydrogens is 436 g/mol. The van der Waals surface area contributed by atoms with Crippen LogP contribution in [0.2, 0.25) is 0 Å². The van der Waals surface area contributed by atoms with Crippen LogP contribution in [-0.4, -0.2) is 30.3 Å². The van der Waals surface area contributed by atoms with Crippen LogP contribution in [0.15, 0.2) is 42.5 Å². The first kappa shape index (κ1) is 23.4. The minimum Gasteiger partial charge on any atom is -0.379 e. The number of hydrogen-bond donors (Lipinski definition) is 3. The first-order chi connectivity index (χ1) is 13.7. The van der Waals surface area contributed by atoms with Crippen LogP contribution in [0, 0.1) is 15.9 Å². The lowest BCUT2D eigenvalue weighted by Crippen LogP contribution is -2.46. The standard InChI is InChI=1S/C17H14F4N2O6S/c1-16(25,14(30(28)29)9-2-4-10(18)5-3-9)15(24)22-11-6-7-13(23(26)27)12(8-11)17(19,20)21/h2-8,14,25H,1H3,(H,22,24)(H,28,29). The van der Waals surface area contributed by atoms with Gasteiger partial charge in [0.05, 0.1) is 4.92 Å². The fourth-order valence-electron chi connectivity index (χ4n) is 2.65. The van der Waals surface area contributed by atoms with E-state index in [0.717, 1.165) is 37.3 Å². The zero-order valence-electron chi connectivity index (χ0n) is 15.0. The average molecular weight is 450 g/mol. The Morgan fingerprint density at radius 3 is 2.23 bits per heavy atom. The van der Waals surface area contributed by atoms with E-state index in [4.69, 9.17) is 0 Å². The van der Waals surface area contributed by atoms with Crippen LogP contribution in [0.5, 0.6) is 0 Å². The predicted molar refractivity (Wildman–Crippen MR) is 97.3 cm³/mol. The van der Waals surface area contributed by atoms with Crippen molar-refractivity contribution in [2.45, 2.75) is 24.0 Å². The molecule has 162 valence electrons. The number of carbonyl (C=O) groups is 1. The average Bonchev–Trinajstić information content (AvgIpc) is 2.62. The van der Waals surface area contributed by atoms with Crippen LogP contribution < -0.4 is 5.32 Å². The minimum atomic E-state index is -5.10. The summed E-state index contributed by atoms with van der Waals surface area (Å²) in [6, 6.07) is 5.60. The summed E-state index contributed by atoms with van der Waals surface area (Å²) in [5, 5.41) is 21.5. The van der Waals surface area contributed by atoms with Gasteiger partial charge < -0.3 is 15.0 Å². The summed E-state index contributed by atoms with van der Waals surface area (Å²) in [4.78, 5) is 22.1. The minimum absolute atomic E-state index is 0.0861. The molecule has 3 N–H and O–H groups in total. The van der Waals surface area contributed by atoms with Gasteiger partial charge in [0.2, 0.25) is 0 Å². The molecule has 0 spiro atoms. The van der Waals surface area contributed by atoms with E-state index in [2.05, 4.69) is 0 Å². The van der Waals surface area contributed by atoms with Gasteiger partial charge in [-0.2, -0.15) is 13.2 Å². The van der Waals surface area contributed by atoms with Gasteiger partial charge in [-0.05, 0) is 36.8 Å². The first-order valence-corrected chi connectivity index (χ1v) is 9.16. The van der Waals surface area contributed by atoms with Crippen molar-refractivity contribution in [1.29, 1.82) is 0 Å². The maximum absolute atomic E-state index is 13.1. The molecule has 0 heterocycles. The summed E-state index contributed by atoms with van der Waals surface area (Å²) in [5.41, 5.74) is -6.13. The third-order valence-corrected chi connectivity index (χ3v) is 5.24. The fraction of sp³-hybridized carbons (Fsp3) is 0.235. The number of hydrogen-bond acceptors (Lipinski definition) is 5. The molecule has 0 radical (unpaired) electrons. The van der Waals surface area contributed by atoms with Gasteiger partial charge in [0.1, 0.15) is 16.6 Å². The number of benzene rings is 2. The highest BCUT2D eigenvalue weighted by Gasteiger charge is 2.45. The molecule has 13 heteroatoms. The highest BCUT2D eigenvalue weighted by Crippen LogP contribution is 2.38. The summed E-state index contributed by atoms with van der Waals surface area (Å²) in [7, 11) is 0. The van der Waals surface area contributed by atoms with E-state index in [1.165, 1.54) is 0 Å². The summed E-state index contributed by atoms with van der Waals surface area (Å²) < 4.78 is 73.6. The number of carbonyl (C=O) groups excluding carboxylic acids is 1. The van der Waals surface area contributed by atoms with Crippen LogP contribution in [0.25, 0.3) is 0 Å². The molecule has 0 saturated heterocycles. The van der Waals surface area contributed by atoms with Crippen molar-refractivity contribution >= 4 is 28.4 Å². The van der Waals surface area contributed by atoms with Crippen LogP contribution in [0.3, 0.4) is 0 Å². The van der Waals surface area contributed by atoms with Crippen molar-refractivity contribution in [3.8, 4) is 0 Å². The van der Waals surface area contributed by atoms with Gasteiger partial charge in [0.25, 0.3) is 11.6 Å². The van der Waals surface area contributed by atoms with E-state index < -0.39 is 61.7 Å². The maximum atomic E-state index is 13.1. The molecule has 3 atom stereocenters. The van der Waals surface area contributed by atoms with Crippen molar-refractivity contribution in [3.63, 3.8) is 0 Å². The number of anilines is 1. The zero-order valence-corrected chi connectivity index (χ0v) is 15.8. The fourth-order valence-corrected chi connectivity index (χ4v) is 3.54. The number of nitro benzene ring substituents is 1. The highest BCUT2D eigenvalue weighted by atomic mass is 32.2. The molecule has 1 amide bonds. The van der Waals surface area contributed by atoms with Gasteiger partial charge in [-0.25, -0.2) is 8.60 Å².